The highest BCUT2D eigenvalue weighted by molar-refractivity contribution is 5.73. The second-order valence-electron chi connectivity index (χ2n) is 6.09. The van der Waals surface area contributed by atoms with Gasteiger partial charge < -0.3 is 14.8 Å². The van der Waals surface area contributed by atoms with Gasteiger partial charge in [0.2, 0.25) is 5.91 Å². The molecule has 1 aliphatic rings. The molecule has 0 spiro atoms. The maximum atomic E-state index is 12.6. The fourth-order valence-corrected chi connectivity index (χ4v) is 3.19. The van der Waals surface area contributed by atoms with E-state index in [0.29, 0.717) is 31.2 Å². The quantitative estimate of drug-likeness (QED) is 0.771. The number of carbonyl (C=O) groups excluding carboxylic acids is 1. The van der Waals surface area contributed by atoms with Gasteiger partial charge in [-0.25, -0.2) is 0 Å². The Balaban J connectivity index is 2.28. The Hall–Kier alpha value is -2.50. The number of carbonyl (C=O) groups is 1. The van der Waals surface area contributed by atoms with E-state index >= 15 is 0 Å². The topological polar surface area (TPSA) is 71.4 Å². The number of hydrogen-bond donors (Lipinski definition) is 1. The molecule has 0 radical (unpaired) electrons. The van der Waals surface area contributed by atoms with Gasteiger partial charge in [0, 0.05) is 13.0 Å². The highest BCUT2D eigenvalue weighted by atomic mass is 19.3. The normalized spacial score (nSPS) is 22.8. The van der Waals surface area contributed by atoms with Gasteiger partial charge in [-0.2, -0.15) is 22.8 Å². The van der Waals surface area contributed by atoms with Gasteiger partial charge in [0.1, 0.15) is 0 Å². The van der Waals surface area contributed by atoms with E-state index in [2.05, 4.69) is 20.9 Å². The van der Waals surface area contributed by atoms with Gasteiger partial charge in [-0.1, -0.05) is 6.07 Å². The summed E-state index contributed by atoms with van der Waals surface area (Å²) in [7, 11) is 0. The highest BCUT2D eigenvalue weighted by Gasteiger charge is 2.38. The number of rotatable bonds is 6. The van der Waals surface area contributed by atoms with E-state index in [1.165, 1.54) is 13.0 Å². The predicted octanol–water partition coefficient (Wildman–Crippen LogP) is 3.73. The molecule has 0 bridgehead atoms. The molecule has 0 atom stereocenters. The summed E-state index contributed by atoms with van der Waals surface area (Å²) < 4.78 is 58.5. The first-order chi connectivity index (χ1) is 12.3. The van der Waals surface area contributed by atoms with Crippen molar-refractivity contribution in [3.63, 3.8) is 0 Å². The van der Waals surface area contributed by atoms with Gasteiger partial charge in [-0.05, 0) is 43.4 Å². The Bertz CT molecular complexity index is 683. The molecule has 1 aromatic carbocycles. The fourth-order valence-electron chi connectivity index (χ4n) is 3.19. The smallest absolute Gasteiger partial charge is 0.387 e. The lowest BCUT2D eigenvalue weighted by molar-refractivity contribution is -0.119. The lowest BCUT2D eigenvalue weighted by Crippen LogP contribution is -2.41. The molecule has 5 nitrogen and oxygen atoms in total. The molecule has 142 valence electrons. The van der Waals surface area contributed by atoms with Crippen LogP contribution >= 0.6 is 0 Å². The maximum absolute atomic E-state index is 12.6. The predicted molar refractivity (Wildman–Crippen MR) is 83.1 cm³/mol. The summed E-state index contributed by atoms with van der Waals surface area (Å²) in [6, 6.07) is 5.78. The summed E-state index contributed by atoms with van der Waals surface area (Å²) in [6.45, 7) is -5.01. The minimum absolute atomic E-state index is 0.0628. The number of nitrogens with one attached hydrogen (secondary N) is 1. The third-order valence-corrected chi connectivity index (χ3v) is 4.39. The lowest BCUT2D eigenvalue weighted by atomic mass is 9.69. The summed E-state index contributed by atoms with van der Waals surface area (Å²) in [5, 5.41) is 12.5. The Morgan fingerprint density at radius 3 is 2.27 bits per heavy atom. The number of ether oxygens (including phenoxy) is 2. The van der Waals surface area contributed by atoms with Crippen LogP contribution in [0.5, 0.6) is 11.5 Å². The summed E-state index contributed by atoms with van der Waals surface area (Å²) >= 11 is 0. The zero-order valence-corrected chi connectivity index (χ0v) is 14.0. The molecule has 0 unspecified atom stereocenters. The first-order valence-corrected chi connectivity index (χ1v) is 7.98. The molecule has 1 amide bonds. The van der Waals surface area contributed by atoms with E-state index < -0.39 is 30.1 Å². The van der Waals surface area contributed by atoms with Crippen LogP contribution in [0.1, 0.15) is 38.2 Å². The minimum atomic E-state index is -3.22. The number of benzene rings is 1. The molecule has 0 aliphatic heterocycles. The SMILES string of the molecule is CC(=O)NC1CCC(C#N)(c2ccc(OC(F)F)c(OC(F)F)c2)CC1. The zero-order valence-electron chi connectivity index (χ0n) is 14.0. The molecule has 1 N–H and O–H groups in total. The van der Waals surface area contributed by atoms with Crippen LogP contribution in [0.15, 0.2) is 18.2 Å². The van der Waals surface area contributed by atoms with Crippen LogP contribution < -0.4 is 14.8 Å². The minimum Gasteiger partial charge on any atom is -0.431 e. The third-order valence-electron chi connectivity index (χ3n) is 4.39. The summed E-state index contributed by atoms with van der Waals surface area (Å²) in [5.41, 5.74) is -0.586. The van der Waals surface area contributed by atoms with E-state index in [1.54, 1.807) is 0 Å². The van der Waals surface area contributed by atoms with E-state index in [-0.39, 0.29) is 11.9 Å². The van der Waals surface area contributed by atoms with Crippen molar-refractivity contribution in [1.82, 2.24) is 5.32 Å². The Morgan fingerprint density at radius 2 is 1.77 bits per heavy atom. The van der Waals surface area contributed by atoms with Gasteiger partial charge in [-0.15, -0.1) is 0 Å². The fraction of sp³-hybridized carbons (Fsp3) is 0.529. The van der Waals surface area contributed by atoms with Gasteiger partial charge >= 0.3 is 13.2 Å². The van der Waals surface area contributed by atoms with Crippen molar-refractivity contribution in [2.45, 2.75) is 57.3 Å². The number of hydrogen-bond acceptors (Lipinski definition) is 4. The number of nitriles is 1. The standard InChI is InChI=1S/C17H18F4N2O3/c1-10(24)23-12-4-6-17(9-22,7-5-12)11-2-3-13(25-15(18)19)14(8-11)26-16(20)21/h2-3,8,12,15-16H,4-7H2,1H3,(H,23,24). The van der Waals surface area contributed by atoms with Crippen molar-refractivity contribution in [2.24, 2.45) is 0 Å². The number of halogens is 4. The van der Waals surface area contributed by atoms with Crippen LogP contribution in [0.4, 0.5) is 17.6 Å². The van der Waals surface area contributed by atoms with Crippen molar-refractivity contribution >= 4 is 5.91 Å². The third kappa shape index (κ3) is 4.77. The van der Waals surface area contributed by atoms with Gasteiger partial charge in [0.25, 0.3) is 0 Å². The second kappa shape index (κ2) is 8.25. The Morgan fingerprint density at radius 1 is 1.19 bits per heavy atom. The Kier molecular flexibility index (Phi) is 6.29. The zero-order chi connectivity index (χ0) is 19.3. The van der Waals surface area contributed by atoms with Crippen LogP contribution in [0.2, 0.25) is 0 Å². The summed E-state index contributed by atoms with van der Waals surface area (Å²) in [6.07, 6.45) is 1.84. The largest absolute Gasteiger partial charge is 0.431 e. The van der Waals surface area contributed by atoms with Crippen molar-refractivity contribution in [2.75, 3.05) is 0 Å². The number of nitrogens with zero attached hydrogens (tertiary/aromatic N) is 1. The van der Waals surface area contributed by atoms with E-state index in [4.69, 9.17) is 0 Å². The van der Waals surface area contributed by atoms with Crippen LogP contribution in [0.25, 0.3) is 0 Å². The summed E-state index contributed by atoms with van der Waals surface area (Å²) in [4.78, 5) is 11.1. The van der Waals surface area contributed by atoms with Crippen LogP contribution in [0, 0.1) is 11.3 Å². The molecular formula is C17H18F4N2O3. The van der Waals surface area contributed by atoms with Crippen LogP contribution in [0.3, 0.4) is 0 Å². The number of amides is 1. The molecule has 0 saturated heterocycles. The average molecular weight is 374 g/mol. The van der Waals surface area contributed by atoms with E-state index in [9.17, 15) is 27.6 Å². The first kappa shape index (κ1) is 19.8. The molecule has 0 aromatic heterocycles. The molecule has 2 rings (SSSR count). The Labute approximate surface area is 147 Å². The van der Waals surface area contributed by atoms with Crippen molar-refractivity contribution < 1.29 is 31.8 Å². The lowest BCUT2D eigenvalue weighted by Gasteiger charge is -2.35. The van der Waals surface area contributed by atoms with Crippen molar-refractivity contribution in [1.29, 1.82) is 5.26 Å². The van der Waals surface area contributed by atoms with Gasteiger partial charge in [0.05, 0.1) is 11.5 Å². The van der Waals surface area contributed by atoms with Crippen molar-refractivity contribution in [3.8, 4) is 17.6 Å². The van der Waals surface area contributed by atoms with Gasteiger partial charge in [-0.3, -0.25) is 4.79 Å². The molecule has 1 saturated carbocycles. The molecule has 0 heterocycles. The summed E-state index contributed by atoms with van der Waals surface area (Å²) in [5.74, 6) is -1.24. The van der Waals surface area contributed by atoms with Gasteiger partial charge in [0.15, 0.2) is 11.5 Å². The monoisotopic (exact) mass is 374 g/mol. The van der Waals surface area contributed by atoms with E-state index in [1.807, 2.05) is 0 Å². The molecule has 9 heteroatoms. The molecule has 1 aromatic rings. The first-order valence-electron chi connectivity index (χ1n) is 7.98. The molecule has 1 fully saturated rings. The van der Waals surface area contributed by atoms with Crippen molar-refractivity contribution in [3.05, 3.63) is 23.8 Å². The molecule has 26 heavy (non-hydrogen) atoms. The number of alkyl halides is 4. The second-order valence-corrected chi connectivity index (χ2v) is 6.09. The molecular weight excluding hydrogens is 356 g/mol. The maximum Gasteiger partial charge on any atom is 0.387 e. The van der Waals surface area contributed by atoms with E-state index in [0.717, 1.165) is 12.1 Å². The van der Waals surface area contributed by atoms with Crippen LogP contribution in [-0.4, -0.2) is 25.2 Å². The highest BCUT2D eigenvalue weighted by Crippen LogP contribution is 2.42. The average Bonchev–Trinajstić information content (AvgIpc) is 2.56. The molecule has 1 aliphatic carbocycles. The van der Waals surface area contributed by atoms with Crippen LogP contribution in [-0.2, 0) is 10.2 Å².